The summed E-state index contributed by atoms with van der Waals surface area (Å²) in [6.45, 7) is 2.72. The van der Waals surface area contributed by atoms with Crippen LogP contribution in [0.15, 0.2) is 50.5 Å². The van der Waals surface area contributed by atoms with Gasteiger partial charge in [-0.2, -0.15) is 0 Å². The van der Waals surface area contributed by atoms with Crippen LogP contribution >= 0.6 is 11.6 Å². The maximum Gasteiger partial charge on any atom is 0.204 e. The molecular weight excluding hydrogens is 469 g/mol. The zero-order valence-electron chi connectivity index (χ0n) is 17.7. The molecule has 2 N–H and O–H groups in total. The van der Waals surface area contributed by atoms with Gasteiger partial charge in [0, 0.05) is 36.1 Å². The molecule has 0 saturated carbocycles. The van der Waals surface area contributed by atoms with Gasteiger partial charge in [0.15, 0.2) is 17.3 Å². The highest BCUT2D eigenvalue weighted by Gasteiger charge is 2.42. The lowest BCUT2D eigenvalue weighted by Gasteiger charge is -2.38. The molecule has 1 unspecified atom stereocenters. The molecule has 0 amide bonds. The van der Waals surface area contributed by atoms with Gasteiger partial charge in [0.25, 0.3) is 0 Å². The van der Waals surface area contributed by atoms with E-state index in [0.717, 1.165) is 12.8 Å². The Labute approximate surface area is 195 Å². The lowest BCUT2D eigenvalue weighted by Crippen LogP contribution is -2.52. The number of fused-ring (bicyclic) bond motifs is 1. The van der Waals surface area contributed by atoms with Gasteiger partial charge in [0.05, 0.1) is 17.3 Å². The normalized spacial score (nSPS) is 25.1. The first-order chi connectivity index (χ1) is 15.8. The first-order valence-corrected chi connectivity index (χ1v) is 12.4. The van der Waals surface area contributed by atoms with Crippen molar-refractivity contribution in [3.05, 3.63) is 53.1 Å². The summed E-state index contributed by atoms with van der Waals surface area (Å²) in [5, 5.41) is 4.42. The number of hydrogen-bond donors (Lipinski definition) is 1. The van der Waals surface area contributed by atoms with E-state index in [2.05, 4.69) is 24.5 Å². The predicted octanol–water partition coefficient (Wildman–Crippen LogP) is 3.61. The molecule has 2 atom stereocenters. The fraction of sp³-hybridized carbons (Fsp3) is 0.333. The van der Waals surface area contributed by atoms with Crippen LogP contribution in [-0.2, 0) is 15.5 Å². The van der Waals surface area contributed by atoms with E-state index in [1.807, 2.05) is 0 Å². The molecule has 33 heavy (non-hydrogen) atoms. The minimum atomic E-state index is -2.83. The number of guanidine groups is 1. The second-order valence-electron chi connectivity index (χ2n) is 8.15. The Bertz CT molecular complexity index is 1370. The Kier molecular flexibility index (Phi) is 5.32. The Hall–Kier alpha value is -3.05. The van der Waals surface area contributed by atoms with Crippen LogP contribution < -0.4 is 5.73 Å². The fourth-order valence-corrected chi connectivity index (χ4v) is 6.67. The fourth-order valence-electron chi connectivity index (χ4n) is 4.07. The maximum absolute atomic E-state index is 15.1. The summed E-state index contributed by atoms with van der Waals surface area (Å²) >= 11 is 5.84. The van der Waals surface area contributed by atoms with Crippen LogP contribution in [0, 0.1) is 5.82 Å². The van der Waals surface area contributed by atoms with E-state index < -0.39 is 21.3 Å². The van der Waals surface area contributed by atoms with Crippen molar-refractivity contribution in [2.45, 2.75) is 25.3 Å². The van der Waals surface area contributed by atoms with Gasteiger partial charge in [0.1, 0.15) is 21.3 Å². The third-order valence-corrected chi connectivity index (χ3v) is 8.46. The van der Waals surface area contributed by atoms with Crippen LogP contribution in [0.25, 0.3) is 22.8 Å². The van der Waals surface area contributed by atoms with Crippen molar-refractivity contribution < 1.29 is 13.1 Å². The Morgan fingerprint density at radius 1 is 1.24 bits per heavy atom. The number of aliphatic imine (C=N–C) groups is 1. The molecule has 5 rings (SSSR count). The van der Waals surface area contributed by atoms with Crippen LogP contribution in [-0.4, -0.2) is 48.4 Å². The highest BCUT2D eigenvalue weighted by Crippen LogP contribution is 2.37. The molecule has 3 aromatic rings. The number of nitrogens with two attached hydrogens (primary N) is 1. The van der Waals surface area contributed by atoms with Gasteiger partial charge in [-0.1, -0.05) is 16.8 Å². The van der Waals surface area contributed by atoms with Crippen LogP contribution in [0.4, 0.5) is 4.39 Å². The largest absolute Gasteiger partial charge is 0.369 e. The van der Waals surface area contributed by atoms with E-state index >= 15 is 4.39 Å². The number of nitrogens with zero attached hydrogens (tertiary/aromatic N) is 6. The molecule has 172 valence electrons. The highest BCUT2D eigenvalue weighted by atomic mass is 35.5. The highest BCUT2D eigenvalue weighted by molar-refractivity contribution is 7.92. The molecule has 0 fully saturated rings. The van der Waals surface area contributed by atoms with Crippen molar-refractivity contribution in [3.63, 3.8) is 0 Å². The van der Waals surface area contributed by atoms with Gasteiger partial charge in [-0.15, -0.1) is 0 Å². The number of rotatable bonds is 3. The first-order valence-electron chi connectivity index (χ1n) is 10.4. The lowest BCUT2D eigenvalue weighted by molar-refractivity contribution is 0.433. The van der Waals surface area contributed by atoms with E-state index in [0.29, 0.717) is 41.0 Å². The Morgan fingerprint density at radius 3 is 2.82 bits per heavy atom. The van der Waals surface area contributed by atoms with Crippen LogP contribution in [0.2, 0.25) is 5.02 Å². The van der Waals surface area contributed by atoms with Crippen molar-refractivity contribution in [3.8, 4) is 22.8 Å². The minimum absolute atomic E-state index is 0.0430. The standard InChI is InChI=1S/C21H21ClFN7O2S/c1-21(12-33(31)27-6-2-3-7-30(33)20(24)28-21)15-8-13(4-5-16(15)23)18-9-17(29-32-18)19-25-10-14(22)11-26-19/h4-5,8-11H,2-3,6-7,12H2,1H3,(H2,24,28)/t21-,33?/m0/s1. The molecule has 12 heteroatoms. The Morgan fingerprint density at radius 2 is 2.03 bits per heavy atom. The summed E-state index contributed by atoms with van der Waals surface area (Å²) in [7, 11) is -2.83. The molecular formula is C21H21ClFN7O2S. The van der Waals surface area contributed by atoms with Crippen LogP contribution in [0.3, 0.4) is 0 Å². The van der Waals surface area contributed by atoms with Gasteiger partial charge in [-0.05, 0) is 38.0 Å². The van der Waals surface area contributed by atoms with Crippen LogP contribution in [0.1, 0.15) is 25.3 Å². The summed E-state index contributed by atoms with van der Waals surface area (Å²) in [5.74, 6) is 0.419. The second-order valence-corrected chi connectivity index (χ2v) is 10.8. The molecule has 0 bridgehead atoms. The minimum Gasteiger partial charge on any atom is -0.369 e. The van der Waals surface area contributed by atoms with E-state index in [1.54, 1.807) is 29.4 Å². The summed E-state index contributed by atoms with van der Waals surface area (Å²) in [4.78, 5) is 12.8. The third kappa shape index (κ3) is 3.95. The van der Waals surface area contributed by atoms with Gasteiger partial charge in [0.2, 0.25) is 5.96 Å². The number of benzene rings is 1. The van der Waals surface area contributed by atoms with Crippen molar-refractivity contribution in [1.29, 1.82) is 0 Å². The maximum atomic E-state index is 15.1. The summed E-state index contributed by atoms with van der Waals surface area (Å²) < 4.78 is 40.2. The van der Waals surface area contributed by atoms with Gasteiger partial charge in [-0.25, -0.2) is 27.9 Å². The van der Waals surface area contributed by atoms with Crippen LogP contribution in [0.5, 0.6) is 0 Å². The average Bonchev–Trinajstić information content (AvgIpc) is 3.17. The zero-order chi connectivity index (χ0) is 23.2. The topological polar surface area (TPSA) is 123 Å². The first kappa shape index (κ1) is 21.8. The molecule has 9 nitrogen and oxygen atoms in total. The monoisotopic (exact) mass is 489 g/mol. The summed E-state index contributed by atoms with van der Waals surface area (Å²) in [5.41, 5.74) is 6.28. The number of aromatic nitrogens is 3. The van der Waals surface area contributed by atoms with Crippen molar-refractivity contribution in [1.82, 2.24) is 19.4 Å². The quantitative estimate of drug-likeness (QED) is 0.599. The summed E-state index contributed by atoms with van der Waals surface area (Å²) in [6.07, 6.45) is 4.57. The predicted molar refractivity (Wildman–Crippen MR) is 123 cm³/mol. The van der Waals surface area contributed by atoms with E-state index in [1.165, 1.54) is 18.5 Å². The van der Waals surface area contributed by atoms with Gasteiger partial charge in [-0.3, -0.25) is 4.31 Å². The van der Waals surface area contributed by atoms with Gasteiger partial charge < -0.3 is 10.3 Å². The SMILES string of the molecule is C[C@@]1(c2cc(-c3cc(-c4ncc(Cl)cn4)no3)ccc2F)CS2(=O)=NCCCCN2C(N)=N1. The van der Waals surface area contributed by atoms with Gasteiger partial charge >= 0.3 is 0 Å². The van der Waals surface area contributed by atoms with Crippen molar-refractivity contribution in [2.24, 2.45) is 15.1 Å². The average molecular weight is 490 g/mol. The van der Waals surface area contributed by atoms with Crippen molar-refractivity contribution >= 4 is 27.5 Å². The Balaban J connectivity index is 1.55. The second kappa shape index (κ2) is 8.07. The van der Waals surface area contributed by atoms with Crippen molar-refractivity contribution in [2.75, 3.05) is 18.8 Å². The molecule has 4 heterocycles. The van der Waals surface area contributed by atoms with E-state index in [9.17, 15) is 4.21 Å². The number of halogens is 2. The molecule has 2 aliphatic rings. The molecule has 0 saturated heterocycles. The number of hydrogen-bond acceptors (Lipinski definition) is 8. The summed E-state index contributed by atoms with van der Waals surface area (Å²) in [6, 6.07) is 6.18. The molecule has 2 aliphatic heterocycles. The van der Waals surface area contributed by atoms with E-state index in [-0.39, 0.29) is 17.3 Å². The van der Waals surface area contributed by atoms with E-state index in [4.69, 9.17) is 21.9 Å². The lowest BCUT2D eigenvalue weighted by atomic mass is 9.92. The molecule has 0 radical (unpaired) electrons. The zero-order valence-corrected chi connectivity index (χ0v) is 19.3. The molecule has 1 aromatic carbocycles. The molecule has 0 aliphatic carbocycles. The molecule has 2 aromatic heterocycles. The molecule has 0 spiro atoms. The third-order valence-electron chi connectivity index (χ3n) is 5.68. The smallest absolute Gasteiger partial charge is 0.204 e.